The fourth-order valence-corrected chi connectivity index (χ4v) is 2.20. The third-order valence-electron chi connectivity index (χ3n) is 2.73. The summed E-state index contributed by atoms with van der Waals surface area (Å²) in [7, 11) is 0. The van der Waals surface area contributed by atoms with Gasteiger partial charge in [-0.25, -0.2) is 0 Å². The van der Waals surface area contributed by atoms with Crippen LogP contribution in [-0.4, -0.2) is 18.2 Å². The van der Waals surface area contributed by atoms with E-state index in [1.165, 1.54) is 0 Å². The van der Waals surface area contributed by atoms with E-state index in [0.29, 0.717) is 35.7 Å². The van der Waals surface area contributed by atoms with Crippen molar-refractivity contribution in [2.45, 2.75) is 19.8 Å². The maximum atomic E-state index is 11.7. The van der Waals surface area contributed by atoms with Gasteiger partial charge >= 0.3 is 0 Å². The van der Waals surface area contributed by atoms with Gasteiger partial charge in [0.25, 0.3) is 0 Å². The second kappa shape index (κ2) is 4.26. The molecule has 0 spiro atoms. The van der Waals surface area contributed by atoms with Crippen molar-refractivity contribution < 1.29 is 9.59 Å². The second-order valence-electron chi connectivity index (χ2n) is 3.71. The first-order valence-corrected chi connectivity index (χ1v) is 5.65. The minimum atomic E-state index is 0.0146. The molecular weight excluding hydrogens is 226 g/mol. The Hall–Kier alpha value is -1.35. The normalized spacial score (nSPS) is 14.9. The molecule has 16 heavy (non-hydrogen) atoms. The van der Waals surface area contributed by atoms with Crippen molar-refractivity contribution in [2.24, 2.45) is 0 Å². The standard InChI is InChI=1S/C12H12ClNO2/c1-2-11(16)14-7-6-10(15)12-8(13)4-3-5-9(12)14/h3-5H,2,6-7H2,1H3. The minimum absolute atomic E-state index is 0.0146. The topological polar surface area (TPSA) is 37.4 Å². The predicted molar refractivity (Wildman–Crippen MR) is 63.0 cm³/mol. The molecule has 0 radical (unpaired) electrons. The van der Waals surface area contributed by atoms with Gasteiger partial charge in [-0.2, -0.15) is 0 Å². The smallest absolute Gasteiger partial charge is 0.226 e. The fraction of sp³-hybridized carbons (Fsp3) is 0.333. The van der Waals surface area contributed by atoms with Gasteiger partial charge in [-0.1, -0.05) is 24.6 Å². The molecule has 1 aromatic carbocycles. The van der Waals surface area contributed by atoms with Gasteiger partial charge in [0.15, 0.2) is 5.78 Å². The summed E-state index contributed by atoms with van der Waals surface area (Å²) in [6.07, 6.45) is 0.780. The van der Waals surface area contributed by atoms with E-state index >= 15 is 0 Å². The Labute approximate surface area is 99.0 Å². The molecule has 0 aromatic heterocycles. The highest BCUT2D eigenvalue weighted by Crippen LogP contribution is 2.32. The Morgan fingerprint density at radius 1 is 1.50 bits per heavy atom. The first kappa shape index (κ1) is 11.1. The van der Waals surface area contributed by atoms with Crippen molar-refractivity contribution >= 4 is 29.0 Å². The lowest BCUT2D eigenvalue weighted by atomic mass is 10.00. The fourth-order valence-electron chi connectivity index (χ4n) is 1.92. The molecule has 1 aromatic rings. The largest absolute Gasteiger partial charge is 0.311 e. The molecular formula is C12H12ClNO2. The monoisotopic (exact) mass is 237 g/mol. The molecule has 2 rings (SSSR count). The van der Waals surface area contributed by atoms with Crippen LogP contribution in [0, 0.1) is 0 Å². The Morgan fingerprint density at radius 3 is 2.94 bits per heavy atom. The quantitative estimate of drug-likeness (QED) is 0.753. The van der Waals surface area contributed by atoms with Crippen molar-refractivity contribution in [3.8, 4) is 0 Å². The van der Waals surface area contributed by atoms with Crippen LogP contribution in [-0.2, 0) is 4.79 Å². The average Bonchev–Trinajstić information content (AvgIpc) is 2.28. The van der Waals surface area contributed by atoms with Crippen molar-refractivity contribution in [1.29, 1.82) is 0 Å². The van der Waals surface area contributed by atoms with Crippen LogP contribution in [0.4, 0.5) is 5.69 Å². The van der Waals surface area contributed by atoms with Crippen LogP contribution in [0.2, 0.25) is 5.02 Å². The number of Topliss-reactive ketones (excluding diaryl/α,β-unsaturated/α-hetero) is 1. The molecule has 3 nitrogen and oxygen atoms in total. The zero-order chi connectivity index (χ0) is 11.7. The van der Waals surface area contributed by atoms with E-state index in [1.54, 1.807) is 23.1 Å². The molecule has 1 aliphatic rings. The highest BCUT2D eigenvalue weighted by molar-refractivity contribution is 6.35. The summed E-state index contributed by atoms with van der Waals surface area (Å²) in [5.74, 6) is 0.0387. The molecule has 0 N–H and O–H groups in total. The van der Waals surface area contributed by atoms with Gasteiger partial charge in [0.05, 0.1) is 16.3 Å². The van der Waals surface area contributed by atoms with Gasteiger partial charge in [-0.05, 0) is 12.1 Å². The number of benzene rings is 1. The Balaban J connectivity index is 2.53. The predicted octanol–water partition coefficient (Wildman–Crippen LogP) is 2.67. The van der Waals surface area contributed by atoms with Crippen LogP contribution in [0.5, 0.6) is 0 Å². The van der Waals surface area contributed by atoms with Crippen LogP contribution in [0.15, 0.2) is 18.2 Å². The molecule has 1 aliphatic heterocycles. The number of nitrogens with zero attached hydrogens (tertiary/aromatic N) is 1. The average molecular weight is 238 g/mol. The third-order valence-corrected chi connectivity index (χ3v) is 3.04. The number of amides is 1. The summed E-state index contributed by atoms with van der Waals surface area (Å²) in [6.45, 7) is 2.27. The minimum Gasteiger partial charge on any atom is -0.311 e. The lowest BCUT2D eigenvalue weighted by Crippen LogP contribution is -2.37. The van der Waals surface area contributed by atoms with Crippen molar-refractivity contribution in [3.05, 3.63) is 28.8 Å². The van der Waals surface area contributed by atoms with Gasteiger partial charge < -0.3 is 4.90 Å². The summed E-state index contributed by atoms with van der Waals surface area (Å²) in [5, 5.41) is 0.427. The van der Waals surface area contributed by atoms with E-state index in [0.717, 1.165) is 0 Å². The summed E-state index contributed by atoms with van der Waals surface area (Å²) in [5.41, 5.74) is 1.13. The maximum Gasteiger partial charge on any atom is 0.226 e. The summed E-state index contributed by atoms with van der Waals surface area (Å²) >= 11 is 5.99. The number of halogens is 1. The molecule has 0 saturated heterocycles. The van der Waals surface area contributed by atoms with Gasteiger partial charge in [0.1, 0.15) is 0 Å². The van der Waals surface area contributed by atoms with Crippen LogP contribution < -0.4 is 4.90 Å². The molecule has 1 amide bonds. The van der Waals surface area contributed by atoms with Crippen LogP contribution >= 0.6 is 11.6 Å². The Bertz CT molecular complexity index is 456. The lowest BCUT2D eigenvalue weighted by Gasteiger charge is -2.28. The molecule has 0 unspecified atom stereocenters. The lowest BCUT2D eigenvalue weighted by molar-refractivity contribution is -0.118. The third kappa shape index (κ3) is 1.71. The highest BCUT2D eigenvalue weighted by Gasteiger charge is 2.27. The number of ketones is 1. The molecule has 0 fully saturated rings. The van der Waals surface area contributed by atoms with Crippen LogP contribution in [0.1, 0.15) is 30.1 Å². The van der Waals surface area contributed by atoms with Crippen molar-refractivity contribution in [3.63, 3.8) is 0 Å². The van der Waals surface area contributed by atoms with Gasteiger partial charge in [-0.15, -0.1) is 0 Å². The molecule has 84 valence electrons. The second-order valence-corrected chi connectivity index (χ2v) is 4.11. The first-order chi connectivity index (χ1) is 7.65. The summed E-state index contributed by atoms with van der Waals surface area (Å²) in [4.78, 5) is 25.1. The number of hydrogen-bond donors (Lipinski definition) is 0. The van der Waals surface area contributed by atoms with Crippen molar-refractivity contribution in [2.75, 3.05) is 11.4 Å². The molecule has 0 atom stereocenters. The molecule has 1 heterocycles. The Kier molecular flexibility index (Phi) is 2.97. The van der Waals surface area contributed by atoms with E-state index in [2.05, 4.69) is 0 Å². The number of carbonyl (C=O) groups is 2. The first-order valence-electron chi connectivity index (χ1n) is 5.27. The van der Waals surface area contributed by atoms with Crippen molar-refractivity contribution in [1.82, 2.24) is 0 Å². The van der Waals surface area contributed by atoms with E-state index in [1.807, 2.05) is 6.92 Å². The molecule has 4 heteroatoms. The molecule has 0 bridgehead atoms. The molecule has 0 saturated carbocycles. The summed E-state index contributed by atoms with van der Waals surface area (Å²) in [6, 6.07) is 5.21. The van der Waals surface area contributed by atoms with Crippen LogP contribution in [0.25, 0.3) is 0 Å². The van der Waals surface area contributed by atoms with Gasteiger partial charge in [0, 0.05) is 19.4 Å². The number of hydrogen-bond acceptors (Lipinski definition) is 2. The SMILES string of the molecule is CCC(=O)N1CCC(=O)c2c(Cl)cccc21. The van der Waals surface area contributed by atoms with E-state index < -0.39 is 0 Å². The highest BCUT2D eigenvalue weighted by atomic mass is 35.5. The Morgan fingerprint density at radius 2 is 2.25 bits per heavy atom. The number of anilines is 1. The van der Waals surface area contributed by atoms with Gasteiger partial charge in [0.2, 0.25) is 5.91 Å². The van der Waals surface area contributed by atoms with Gasteiger partial charge in [-0.3, -0.25) is 9.59 Å². The number of fused-ring (bicyclic) bond motifs is 1. The zero-order valence-electron chi connectivity index (χ0n) is 9.00. The summed E-state index contributed by atoms with van der Waals surface area (Å²) < 4.78 is 0. The van der Waals surface area contributed by atoms with E-state index in [4.69, 9.17) is 11.6 Å². The van der Waals surface area contributed by atoms with E-state index in [-0.39, 0.29) is 11.7 Å². The van der Waals surface area contributed by atoms with Crippen LogP contribution in [0.3, 0.4) is 0 Å². The maximum absolute atomic E-state index is 11.7. The number of rotatable bonds is 1. The zero-order valence-corrected chi connectivity index (χ0v) is 9.75. The van der Waals surface area contributed by atoms with E-state index in [9.17, 15) is 9.59 Å². The number of carbonyl (C=O) groups excluding carboxylic acids is 2. The molecule has 0 aliphatic carbocycles.